The second-order valence-electron chi connectivity index (χ2n) is 6.74. The Kier molecular flexibility index (Phi) is 5.39. The van der Waals surface area contributed by atoms with Crippen LogP contribution in [0, 0.1) is 11.8 Å². The molecule has 0 radical (unpaired) electrons. The number of rotatable bonds is 8. The molecule has 1 amide bonds. The smallest absolute Gasteiger partial charge is 0.230 e. The van der Waals surface area contributed by atoms with Crippen LogP contribution in [0.5, 0.6) is 0 Å². The van der Waals surface area contributed by atoms with Crippen molar-refractivity contribution in [2.75, 3.05) is 5.75 Å². The van der Waals surface area contributed by atoms with Gasteiger partial charge in [-0.05, 0) is 38.0 Å². The van der Waals surface area contributed by atoms with E-state index in [1.165, 1.54) is 56.7 Å². The minimum Gasteiger partial charge on any atom is -0.353 e. The molecule has 2 N–H and O–H groups in total. The quantitative estimate of drug-likeness (QED) is 0.722. The van der Waals surface area contributed by atoms with Crippen LogP contribution >= 0.6 is 11.8 Å². The van der Waals surface area contributed by atoms with E-state index >= 15 is 0 Å². The van der Waals surface area contributed by atoms with Crippen molar-refractivity contribution in [1.29, 1.82) is 0 Å². The zero-order chi connectivity index (χ0) is 15.4. The number of hydrogen-bond acceptors (Lipinski definition) is 4. The molecular weight excluding hydrogens is 296 g/mol. The van der Waals surface area contributed by atoms with Crippen LogP contribution in [0.2, 0.25) is 0 Å². The SMILES string of the molecule is CC(NC(=O)CSc1n[nH]c(CCC2CCCC2)n1)C1CC1. The van der Waals surface area contributed by atoms with Crippen molar-refractivity contribution in [1.82, 2.24) is 20.5 Å². The lowest BCUT2D eigenvalue weighted by Crippen LogP contribution is -2.35. The average Bonchev–Trinajstić information content (AvgIpc) is 3.05. The molecule has 122 valence electrons. The van der Waals surface area contributed by atoms with Gasteiger partial charge in [-0.3, -0.25) is 9.89 Å². The highest BCUT2D eigenvalue weighted by atomic mass is 32.2. The first-order valence-electron chi connectivity index (χ1n) is 8.54. The minimum absolute atomic E-state index is 0.0849. The van der Waals surface area contributed by atoms with E-state index in [-0.39, 0.29) is 5.91 Å². The van der Waals surface area contributed by atoms with Gasteiger partial charge >= 0.3 is 0 Å². The van der Waals surface area contributed by atoms with Crippen LogP contribution < -0.4 is 5.32 Å². The maximum absolute atomic E-state index is 11.9. The van der Waals surface area contributed by atoms with Crippen molar-refractivity contribution in [3.05, 3.63) is 5.82 Å². The predicted molar refractivity (Wildman–Crippen MR) is 87.7 cm³/mol. The van der Waals surface area contributed by atoms with Crippen LogP contribution in [0.1, 0.15) is 57.7 Å². The Morgan fingerprint density at radius 3 is 2.86 bits per heavy atom. The minimum atomic E-state index is 0.0849. The van der Waals surface area contributed by atoms with Gasteiger partial charge < -0.3 is 5.32 Å². The molecule has 6 heteroatoms. The summed E-state index contributed by atoms with van der Waals surface area (Å²) in [5, 5.41) is 11.0. The standard InChI is InChI=1S/C16H26N4OS/c1-11(13-7-8-13)17-15(21)10-22-16-18-14(19-20-16)9-6-12-4-2-3-5-12/h11-13H,2-10H2,1H3,(H,17,21)(H,18,19,20). The molecule has 2 aliphatic carbocycles. The summed E-state index contributed by atoms with van der Waals surface area (Å²) in [6.45, 7) is 2.09. The van der Waals surface area contributed by atoms with E-state index < -0.39 is 0 Å². The largest absolute Gasteiger partial charge is 0.353 e. The monoisotopic (exact) mass is 322 g/mol. The molecule has 3 rings (SSSR count). The van der Waals surface area contributed by atoms with Crippen LogP contribution in [0.15, 0.2) is 5.16 Å². The Morgan fingerprint density at radius 1 is 1.36 bits per heavy atom. The normalized spacial score (nSPS) is 20.2. The van der Waals surface area contributed by atoms with Gasteiger partial charge in [0.2, 0.25) is 11.1 Å². The van der Waals surface area contributed by atoms with Gasteiger partial charge in [-0.25, -0.2) is 4.98 Å². The molecule has 0 bridgehead atoms. The summed E-state index contributed by atoms with van der Waals surface area (Å²) in [5.41, 5.74) is 0. The van der Waals surface area contributed by atoms with Crippen LogP contribution in [0.3, 0.4) is 0 Å². The summed E-state index contributed by atoms with van der Waals surface area (Å²) in [6.07, 6.45) is 10.2. The van der Waals surface area contributed by atoms with Crippen molar-refractivity contribution in [3.8, 4) is 0 Å². The predicted octanol–water partition coefficient (Wildman–Crippen LogP) is 2.93. The Labute approximate surface area is 136 Å². The number of aromatic amines is 1. The Hall–Kier alpha value is -1.04. The van der Waals surface area contributed by atoms with Gasteiger partial charge in [0, 0.05) is 12.5 Å². The van der Waals surface area contributed by atoms with Gasteiger partial charge in [0.15, 0.2) is 0 Å². The molecule has 0 aromatic carbocycles. The van der Waals surface area contributed by atoms with Gasteiger partial charge in [0.05, 0.1) is 5.75 Å². The van der Waals surface area contributed by atoms with Gasteiger partial charge in [-0.15, -0.1) is 5.10 Å². The molecule has 0 spiro atoms. The number of nitrogens with one attached hydrogen (secondary N) is 2. The summed E-state index contributed by atoms with van der Waals surface area (Å²) < 4.78 is 0. The number of thioether (sulfide) groups is 1. The number of aromatic nitrogens is 3. The van der Waals surface area contributed by atoms with Gasteiger partial charge in [-0.1, -0.05) is 37.4 Å². The molecule has 1 atom stereocenters. The number of nitrogens with zero attached hydrogens (tertiary/aromatic N) is 2. The van der Waals surface area contributed by atoms with Crippen LogP contribution in [-0.4, -0.2) is 32.9 Å². The zero-order valence-electron chi connectivity index (χ0n) is 13.3. The molecule has 0 aliphatic heterocycles. The summed E-state index contributed by atoms with van der Waals surface area (Å²) in [4.78, 5) is 16.4. The van der Waals surface area contributed by atoms with Crippen molar-refractivity contribution in [2.24, 2.45) is 11.8 Å². The molecule has 2 fully saturated rings. The van der Waals surface area contributed by atoms with E-state index in [0.29, 0.717) is 22.9 Å². The summed E-state index contributed by atoms with van der Waals surface area (Å²) in [6, 6.07) is 0.308. The van der Waals surface area contributed by atoms with E-state index in [4.69, 9.17) is 0 Å². The second-order valence-corrected chi connectivity index (χ2v) is 7.68. The first-order chi connectivity index (χ1) is 10.7. The molecule has 2 aliphatic rings. The Morgan fingerprint density at radius 2 is 2.14 bits per heavy atom. The highest BCUT2D eigenvalue weighted by molar-refractivity contribution is 7.99. The molecule has 22 heavy (non-hydrogen) atoms. The second kappa shape index (κ2) is 7.49. The van der Waals surface area contributed by atoms with Crippen molar-refractivity contribution in [2.45, 2.75) is 69.5 Å². The van der Waals surface area contributed by atoms with Crippen molar-refractivity contribution in [3.63, 3.8) is 0 Å². The molecule has 1 heterocycles. The van der Waals surface area contributed by atoms with Crippen LogP contribution in [0.4, 0.5) is 0 Å². The summed E-state index contributed by atoms with van der Waals surface area (Å²) >= 11 is 1.42. The third-order valence-corrected chi connectivity index (χ3v) is 5.67. The highest BCUT2D eigenvalue weighted by Crippen LogP contribution is 2.32. The lowest BCUT2D eigenvalue weighted by molar-refractivity contribution is -0.119. The van der Waals surface area contributed by atoms with E-state index in [9.17, 15) is 4.79 Å². The fourth-order valence-electron chi connectivity index (χ4n) is 3.23. The fraction of sp³-hybridized carbons (Fsp3) is 0.812. The Bertz CT molecular complexity index is 494. The van der Waals surface area contributed by atoms with E-state index in [1.54, 1.807) is 0 Å². The number of carbonyl (C=O) groups excluding carboxylic acids is 1. The lowest BCUT2D eigenvalue weighted by Gasteiger charge is -2.11. The fourth-order valence-corrected chi connectivity index (χ4v) is 3.86. The topological polar surface area (TPSA) is 70.7 Å². The Balaban J connectivity index is 1.36. The van der Waals surface area contributed by atoms with Gasteiger partial charge in [0.25, 0.3) is 0 Å². The van der Waals surface area contributed by atoms with Crippen molar-refractivity contribution >= 4 is 17.7 Å². The van der Waals surface area contributed by atoms with E-state index in [1.807, 2.05) is 0 Å². The third kappa shape index (κ3) is 4.73. The first-order valence-corrected chi connectivity index (χ1v) is 9.52. The first kappa shape index (κ1) is 15.8. The maximum atomic E-state index is 11.9. The van der Waals surface area contributed by atoms with E-state index in [2.05, 4.69) is 27.4 Å². The molecule has 5 nitrogen and oxygen atoms in total. The van der Waals surface area contributed by atoms with Crippen LogP contribution in [-0.2, 0) is 11.2 Å². The average molecular weight is 322 g/mol. The molecule has 2 saturated carbocycles. The van der Waals surface area contributed by atoms with Gasteiger partial charge in [0.1, 0.15) is 5.82 Å². The number of amides is 1. The molecular formula is C16H26N4OS. The molecule has 1 unspecified atom stereocenters. The highest BCUT2D eigenvalue weighted by Gasteiger charge is 2.28. The van der Waals surface area contributed by atoms with E-state index in [0.717, 1.165) is 18.2 Å². The van der Waals surface area contributed by atoms with Gasteiger partial charge in [-0.2, -0.15) is 0 Å². The molecule has 0 saturated heterocycles. The number of H-pyrrole nitrogens is 1. The number of carbonyl (C=O) groups is 1. The third-order valence-electron chi connectivity index (χ3n) is 4.83. The maximum Gasteiger partial charge on any atom is 0.230 e. The molecule has 1 aromatic rings. The van der Waals surface area contributed by atoms with Crippen molar-refractivity contribution < 1.29 is 4.79 Å². The number of hydrogen-bond donors (Lipinski definition) is 2. The summed E-state index contributed by atoms with van der Waals surface area (Å²) in [5.74, 6) is 3.01. The summed E-state index contributed by atoms with van der Waals surface area (Å²) in [7, 11) is 0. The van der Waals surface area contributed by atoms with Crippen LogP contribution in [0.25, 0.3) is 0 Å². The zero-order valence-corrected chi connectivity index (χ0v) is 14.1. The lowest BCUT2D eigenvalue weighted by atomic mass is 10.0. The number of aryl methyl sites for hydroxylation is 1. The molecule has 1 aromatic heterocycles.